The minimum absolute atomic E-state index is 0.0719. The molecule has 0 spiro atoms. The highest BCUT2D eigenvalue weighted by atomic mass is 35.5. The number of alkyl halides is 3. The van der Waals surface area contributed by atoms with Crippen molar-refractivity contribution >= 4 is 23.2 Å². The first-order valence-electron chi connectivity index (χ1n) is 12.0. The standard InChI is InChI=1S/C27H28ClF3N2O5/c1-26-8-7-20(38-27(29,30)31)16-23(26)33(10-9-26)25(35)24(17-3-5-18(28)6-4-17)32-19-13-21(36-2)15-22(14-19)37-12-11-34/h3-7,13-16,24,32,34H,8-12H2,1-2H3. The van der Waals surface area contributed by atoms with Crippen molar-refractivity contribution in [2.24, 2.45) is 5.41 Å². The molecule has 2 aliphatic rings. The molecule has 38 heavy (non-hydrogen) atoms. The molecule has 7 nitrogen and oxygen atoms in total. The van der Waals surface area contributed by atoms with E-state index in [2.05, 4.69) is 10.1 Å². The van der Waals surface area contributed by atoms with E-state index in [9.17, 15) is 18.0 Å². The van der Waals surface area contributed by atoms with E-state index in [1.807, 2.05) is 6.92 Å². The van der Waals surface area contributed by atoms with Crippen molar-refractivity contribution < 1.29 is 37.3 Å². The first-order chi connectivity index (χ1) is 18.0. The van der Waals surface area contributed by atoms with E-state index in [0.717, 1.165) is 0 Å². The van der Waals surface area contributed by atoms with Gasteiger partial charge in [-0.15, -0.1) is 13.2 Å². The van der Waals surface area contributed by atoms with Crippen molar-refractivity contribution in [3.05, 3.63) is 76.7 Å². The van der Waals surface area contributed by atoms with Gasteiger partial charge < -0.3 is 29.5 Å². The van der Waals surface area contributed by atoms with Gasteiger partial charge in [-0.2, -0.15) is 0 Å². The molecule has 2 aromatic carbocycles. The van der Waals surface area contributed by atoms with Crippen LogP contribution >= 0.6 is 11.6 Å². The number of halogens is 4. The number of allylic oxidation sites excluding steroid dienone is 3. The van der Waals surface area contributed by atoms with E-state index in [-0.39, 0.29) is 24.9 Å². The highest BCUT2D eigenvalue weighted by molar-refractivity contribution is 6.30. The Labute approximate surface area is 223 Å². The lowest BCUT2D eigenvalue weighted by atomic mass is 9.80. The molecular formula is C27H28ClF3N2O5. The molecule has 2 N–H and O–H groups in total. The molecule has 11 heteroatoms. The first-order valence-corrected chi connectivity index (χ1v) is 12.3. The molecule has 0 radical (unpaired) electrons. The van der Waals surface area contributed by atoms with Crippen molar-refractivity contribution in [2.45, 2.75) is 32.2 Å². The number of rotatable bonds is 9. The average Bonchev–Trinajstić information content (AvgIpc) is 3.22. The summed E-state index contributed by atoms with van der Waals surface area (Å²) in [6, 6.07) is 10.8. The molecule has 0 bridgehead atoms. The third kappa shape index (κ3) is 6.36. The zero-order valence-corrected chi connectivity index (χ0v) is 21.6. The predicted molar refractivity (Wildman–Crippen MR) is 136 cm³/mol. The number of amides is 1. The number of hydrogen-bond donors (Lipinski definition) is 2. The Balaban J connectivity index is 1.69. The summed E-state index contributed by atoms with van der Waals surface area (Å²) >= 11 is 6.08. The highest BCUT2D eigenvalue weighted by Gasteiger charge is 2.45. The minimum Gasteiger partial charge on any atom is -0.497 e. The number of benzene rings is 2. The van der Waals surface area contributed by atoms with Crippen LogP contribution in [0.5, 0.6) is 11.5 Å². The fraction of sp³-hybridized carbons (Fsp3) is 0.370. The van der Waals surface area contributed by atoms with E-state index in [0.29, 0.717) is 52.9 Å². The fourth-order valence-corrected chi connectivity index (χ4v) is 4.76. The molecule has 4 rings (SSSR count). The fourth-order valence-electron chi connectivity index (χ4n) is 4.63. The summed E-state index contributed by atoms with van der Waals surface area (Å²) in [7, 11) is 1.49. The van der Waals surface area contributed by atoms with Crippen molar-refractivity contribution in [2.75, 3.05) is 32.2 Å². The van der Waals surface area contributed by atoms with Crippen molar-refractivity contribution in [1.82, 2.24) is 4.90 Å². The number of hydrogen-bond acceptors (Lipinski definition) is 6. The maximum atomic E-state index is 14.0. The van der Waals surface area contributed by atoms with Gasteiger partial charge in [0, 0.05) is 52.6 Å². The van der Waals surface area contributed by atoms with Gasteiger partial charge in [0.15, 0.2) is 0 Å². The number of aliphatic hydroxyl groups excluding tert-OH is 1. The summed E-state index contributed by atoms with van der Waals surface area (Å²) in [5.41, 5.74) is 1.08. The topological polar surface area (TPSA) is 80.3 Å². The van der Waals surface area contributed by atoms with E-state index in [4.69, 9.17) is 26.2 Å². The summed E-state index contributed by atoms with van der Waals surface area (Å²) in [5, 5.41) is 12.8. The Morgan fingerprint density at radius 1 is 1.21 bits per heavy atom. The molecule has 1 heterocycles. The normalized spacial score (nSPS) is 19.7. The van der Waals surface area contributed by atoms with Gasteiger partial charge in [-0.25, -0.2) is 0 Å². The second kappa shape index (κ2) is 11.2. The number of likely N-dealkylation sites (tertiary alicyclic amines) is 1. The van der Waals surface area contributed by atoms with E-state index in [1.54, 1.807) is 42.5 Å². The largest absolute Gasteiger partial charge is 0.573 e. The minimum atomic E-state index is -4.83. The average molecular weight is 553 g/mol. The van der Waals surface area contributed by atoms with Crippen LogP contribution in [0.3, 0.4) is 0 Å². The van der Waals surface area contributed by atoms with Crippen LogP contribution in [0.2, 0.25) is 5.02 Å². The second-order valence-corrected chi connectivity index (χ2v) is 9.72. The van der Waals surface area contributed by atoms with Gasteiger partial charge in [-0.1, -0.05) is 30.7 Å². The predicted octanol–water partition coefficient (Wildman–Crippen LogP) is 5.82. The number of anilines is 1. The van der Waals surface area contributed by atoms with Gasteiger partial charge in [0.05, 0.1) is 13.7 Å². The lowest BCUT2D eigenvalue weighted by Crippen LogP contribution is -2.37. The highest BCUT2D eigenvalue weighted by Crippen LogP contribution is 2.48. The summed E-state index contributed by atoms with van der Waals surface area (Å²) in [6.45, 7) is 2.15. The molecule has 0 aromatic heterocycles. The lowest BCUT2D eigenvalue weighted by molar-refractivity contribution is -0.303. The number of ether oxygens (including phenoxy) is 3. The SMILES string of the molecule is COc1cc(NC(C(=O)N2CCC3(C)CC=C(OC(F)(F)F)C=C23)c2ccc(Cl)cc2)cc(OCCO)c1. The molecule has 1 saturated heterocycles. The Hall–Kier alpha value is -3.37. The third-order valence-electron chi connectivity index (χ3n) is 6.57. The van der Waals surface area contributed by atoms with Crippen LogP contribution in [0, 0.1) is 5.41 Å². The second-order valence-electron chi connectivity index (χ2n) is 9.29. The van der Waals surface area contributed by atoms with E-state index in [1.165, 1.54) is 24.2 Å². The monoisotopic (exact) mass is 552 g/mol. The molecule has 2 atom stereocenters. The van der Waals surface area contributed by atoms with Crippen LogP contribution in [0.15, 0.2) is 66.1 Å². The molecular weight excluding hydrogens is 525 g/mol. The molecule has 2 aromatic rings. The van der Waals surface area contributed by atoms with Crippen molar-refractivity contribution in [1.29, 1.82) is 0 Å². The molecule has 1 fully saturated rings. The number of fused-ring (bicyclic) bond motifs is 1. The summed E-state index contributed by atoms with van der Waals surface area (Å²) in [4.78, 5) is 15.6. The van der Waals surface area contributed by atoms with Crippen molar-refractivity contribution in [3.63, 3.8) is 0 Å². The number of carbonyl (C=O) groups is 1. The van der Waals surface area contributed by atoms with Crippen LogP contribution in [-0.2, 0) is 9.53 Å². The van der Waals surface area contributed by atoms with E-state index < -0.39 is 17.8 Å². The number of nitrogens with zero attached hydrogens (tertiary/aromatic N) is 1. The molecule has 2 unspecified atom stereocenters. The van der Waals surface area contributed by atoms with Crippen LogP contribution < -0.4 is 14.8 Å². The lowest BCUT2D eigenvalue weighted by Gasteiger charge is -2.33. The Bertz CT molecular complexity index is 1230. The van der Waals surface area contributed by atoms with Crippen molar-refractivity contribution in [3.8, 4) is 11.5 Å². The van der Waals surface area contributed by atoms with Gasteiger partial charge in [0.2, 0.25) is 0 Å². The van der Waals surface area contributed by atoms with Gasteiger partial charge >= 0.3 is 6.36 Å². The van der Waals surface area contributed by atoms with Crippen LogP contribution in [-0.4, -0.2) is 49.1 Å². The summed E-state index contributed by atoms with van der Waals surface area (Å²) < 4.78 is 53.8. The maximum Gasteiger partial charge on any atom is 0.573 e. The zero-order chi connectivity index (χ0) is 27.5. The number of nitrogens with one attached hydrogen (secondary N) is 1. The van der Waals surface area contributed by atoms with Crippen LogP contribution in [0.1, 0.15) is 31.4 Å². The summed E-state index contributed by atoms with van der Waals surface area (Å²) in [6.07, 6.45) is -1.22. The molecule has 1 aliphatic heterocycles. The van der Waals surface area contributed by atoms with E-state index >= 15 is 0 Å². The van der Waals surface area contributed by atoms with Gasteiger partial charge in [0.25, 0.3) is 5.91 Å². The number of carbonyl (C=O) groups excluding carboxylic acids is 1. The molecule has 0 saturated carbocycles. The quantitative estimate of drug-likeness (QED) is 0.408. The zero-order valence-electron chi connectivity index (χ0n) is 20.8. The number of aliphatic hydroxyl groups is 1. The Kier molecular flexibility index (Phi) is 8.13. The van der Waals surface area contributed by atoms with Crippen LogP contribution in [0.4, 0.5) is 18.9 Å². The van der Waals surface area contributed by atoms with Gasteiger partial charge in [-0.3, -0.25) is 4.79 Å². The van der Waals surface area contributed by atoms with Crippen LogP contribution in [0.25, 0.3) is 0 Å². The first kappa shape index (κ1) is 27.7. The molecule has 1 amide bonds. The van der Waals surface area contributed by atoms with Gasteiger partial charge in [0.1, 0.15) is 29.9 Å². The molecule has 204 valence electrons. The smallest absolute Gasteiger partial charge is 0.497 e. The third-order valence-corrected chi connectivity index (χ3v) is 6.82. The Morgan fingerprint density at radius 3 is 2.58 bits per heavy atom. The molecule has 1 aliphatic carbocycles. The number of methoxy groups -OCH3 is 1. The maximum absolute atomic E-state index is 14.0. The Morgan fingerprint density at radius 2 is 1.92 bits per heavy atom. The summed E-state index contributed by atoms with van der Waals surface area (Å²) in [5.74, 6) is 0.203. The van der Waals surface area contributed by atoms with Gasteiger partial charge in [-0.05, 0) is 36.6 Å².